The number of fused-ring (bicyclic) bond motifs is 1. The summed E-state index contributed by atoms with van der Waals surface area (Å²) >= 11 is 3.66. The minimum absolute atomic E-state index is 0.0487. The van der Waals surface area contributed by atoms with E-state index in [-0.39, 0.29) is 11.6 Å². The van der Waals surface area contributed by atoms with Gasteiger partial charge >= 0.3 is 0 Å². The number of benzene rings is 1. The highest BCUT2D eigenvalue weighted by atomic mass is 79.9. The molecule has 0 saturated heterocycles. The summed E-state index contributed by atoms with van der Waals surface area (Å²) in [6.45, 7) is 3.87. The molecule has 0 unspecified atom stereocenters. The zero-order valence-corrected chi connectivity index (χ0v) is 17.3. The van der Waals surface area contributed by atoms with Gasteiger partial charge < -0.3 is 4.74 Å². The van der Waals surface area contributed by atoms with Crippen LogP contribution in [0.5, 0.6) is 5.75 Å². The zero-order chi connectivity index (χ0) is 19.8. The van der Waals surface area contributed by atoms with E-state index in [0.717, 1.165) is 26.8 Å². The molecular formula is C21H19BrN4O2. The summed E-state index contributed by atoms with van der Waals surface area (Å²) in [6.07, 6.45) is 1.85. The molecule has 28 heavy (non-hydrogen) atoms. The first-order valence-electron chi connectivity index (χ1n) is 8.91. The Labute approximate surface area is 170 Å². The third-order valence-electron chi connectivity index (χ3n) is 4.54. The van der Waals surface area contributed by atoms with Crippen LogP contribution in [0.15, 0.2) is 64.0 Å². The van der Waals surface area contributed by atoms with Crippen LogP contribution in [0.4, 0.5) is 0 Å². The second-order valence-corrected chi connectivity index (χ2v) is 7.47. The molecule has 0 bridgehead atoms. The second kappa shape index (κ2) is 7.24. The topological polar surface area (TPSA) is 61.4 Å². The van der Waals surface area contributed by atoms with Gasteiger partial charge in [0.1, 0.15) is 11.4 Å². The quantitative estimate of drug-likeness (QED) is 0.467. The van der Waals surface area contributed by atoms with Crippen molar-refractivity contribution < 1.29 is 4.74 Å². The number of hydrogen-bond donors (Lipinski definition) is 0. The molecule has 3 aromatic heterocycles. The van der Waals surface area contributed by atoms with Crippen molar-refractivity contribution in [3.05, 3.63) is 69.6 Å². The lowest BCUT2D eigenvalue weighted by molar-refractivity contribution is 0.412. The highest BCUT2D eigenvalue weighted by molar-refractivity contribution is 9.10. The maximum absolute atomic E-state index is 12.2. The highest BCUT2D eigenvalue weighted by Crippen LogP contribution is 2.40. The second-order valence-electron chi connectivity index (χ2n) is 6.68. The lowest BCUT2D eigenvalue weighted by Gasteiger charge is -2.11. The summed E-state index contributed by atoms with van der Waals surface area (Å²) in [5.41, 5.74) is 3.97. The van der Waals surface area contributed by atoms with Crippen molar-refractivity contribution in [3.8, 4) is 28.3 Å². The molecule has 0 fully saturated rings. The lowest BCUT2D eigenvalue weighted by Crippen LogP contribution is -2.23. The number of rotatable bonds is 4. The van der Waals surface area contributed by atoms with Crippen molar-refractivity contribution in [2.75, 3.05) is 7.11 Å². The lowest BCUT2D eigenvalue weighted by atomic mass is 10.0. The fourth-order valence-electron chi connectivity index (χ4n) is 3.21. The highest BCUT2D eigenvalue weighted by Gasteiger charge is 2.22. The largest absolute Gasteiger partial charge is 0.495 e. The first-order valence-corrected chi connectivity index (χ1v) is 9.71. The van der Waals surface area contributed by atoms with E-state index >= 15 is 0 Å². The normalized spacial score (nSPS) is 11.3. The molecule has 0 amide bonds. The van der Waals surface area contributed by atoms with E-state index in [0.29, 0.717) is 11.4 Å². The predicted molar refractivity (Wildman–Crippen MR) is 113 cm³/mol. The Kier molecular flexibility index (Phi) is 4.77. The zero-order valence-electron chi connectivity index (χ0n) is 15.8. The van der Waals surface area contributed by atoms with Gasteiger partial charge in [-0.15, -0.1) is 0 Å². The van der Waals surface area contributed by atoms with Crippen LogP contribution in [0.25, 0.3) is 28.0 Å². The van der Waals surface area contributed by atoms with Gasteiger partial charge in [0.2, 0.25) is 0 Å². The Morgan fingerprint density at radius 2 is 1.79 bits per heavy atom. The monoisotopic (exact) mass is 438 g/mol. The summed E-state index contributed by atoms with van der Waals surface area (Å²) in [7, 11) is 1.63. The molecule has 0 aliphatic carbocycles. The van der Waals surface area contributed by atoms with Crippen molar-refractivity contribution in [1.29, 1.82) is 0 Å². The van der Waals surface area contributed by atoms with Gasteiger partial charge in [0.05, 0.1) is 34.4 Å². The number of methoxy groups -OCH3 is 1. The molecule has 0 saturated carbocycles. The number of aromatic nitrogens is 4. The molecule has 4 rings (SSSR count). The van der Waals surface area contributed by atoms with Crippen molar-refractivity contribution in [1.82, 2.24) is 19.4 Å². The molecule has 0 spiro atoms. The molecule has 6 nitrogen and oxygen atoms in total. The van der Waals surface area contributed by atoms with Gasteiger partial charge in [-0.05, 0) is 41.9 Å². The van der Waals surface area contributed by atoms with Gasteiger partial charge in [0.25, 0.3) is 5.56 Å². The Balaban J connectivity index is 2.11. The van der Waals surface area contributed by atoms with Crippen LogP contribution in [-0.2, 0) is 0 Å². The average molecular weight is 439 g/mol. The van der Waals surface area contributed by atoms with Crippen molar-refractivity contribution in [2.24, 2.45) is 0 Å². The van der Waals surface area contributed by atoms with E-state index in [2.05, 4.69) is 21.0 Å². The van der Waals surface area contributed by atoms with Crippen LogP contribution in [0.1, 0.15) is 19.9 Å². The third-order valence-corrected chi connectivity index (χ3v) is 5.31. The fourth-order valence-corrected chi connectivity index (χ4v) is 3.88. The molecule has 0 aliphatic rings. The molecule has 142 valence electrons. The molecule has 0 radical (unpaired) electrons. The minimum atomic E-state index is -0.131. The van der Waals surface area contributed by atoms with Gasteiger partial charge in [0, 0.05) is 17.8 Å². The molecule has 4 aromatic rings. The molecule has 3 heterocycles. The van der Waals surface area contributed by atoms with E-state index in [9.17, 15) is 4.79 Å². The van der Waals surface area contributed by atoms with Gasteiger partial charge in [-0.1, -0.05) is 30.3 Å². The van der Waals surface area contributed by atoms with E-state index < -0.39 is 0 Å². The summed E-state index contributed by atoms with van der Waals surface area (Å²) in [5.74, 6) is 0.699. The Morgan fingerprint density at radius 3 is 2.46 bits per heavy atom. The van der Waals surface area contributed by atoms with Crippen LogP contribution < -0.4 is 10.3 Å². The Morgan fingerprint density at radius 1 is 1.04 bits per heavy atom. The molecule has 7 heteroatoms. The molecular weight excluding hydrogens is 420 g/mol. The van der Waals surface area contributed by atoms with E-state index in [1.54, 1.807) is 23.8 Å². The number of ether oxygens (including phenoxy) is 1. The maximum Gasteiger partial charge on any atom is 0.267 e. The molecule has 0 atom stereocenters. The van der Waals surface area contributed by atoms with Gasteiger partial charge in [-0.25, -0.2) is 9.20 Å². The van der Waals surface area contributed by atoms with E-state index in [1.165, 1.54) is 4.68 Å². The van der Waals surface area contributed by atoms with Crippen LogP contribution >= 0.6 is 15.9 Å². The summed E-state index contributed by atoms with van der Waals surface area (Å²) in [5, 5.41) is 9.43. The first-order chi connectivity index (χ1) is 13.5. The third kappa shape index (κ3) is 3.01. The average Bonchev–Trinajstić information content (AvgIpc) is 3.09. The number of halogens is 1. The van der Waals surface area contributed by atoms with Gasteiger partial charge in [-0.3, -0.25) is 4.79 Å². The first kappa shape index (κ1) is 18.4. The van der Waals surface area contributed by atoms with Crippen LogP contribution in [0.3, 0.4) is 0 Å². The molecule has 0 N–H and O–H groups in total. The van der Waals surface area contributed by atoms with Crippen LogP contribution in [-0.4, -0.2) is 26.5 Å². The Hall–Kier alpha value is -2.93. The van der Waals surface area contributed by atoms with Crippen LogP contribution in [0, 0.1) is 0 Å². The SMILES string of the molecule is COc1ccn2nc(-c3ccccc3)c(-c3ccc(=O)n(C(C)C)n3)c2c1Br. The van der Waals surface area contributed by atoms with Crippen molar-refractivity contribution in [3.63, 3.8) is 0 Å². The molecule has 0 aliphatic heterocycles. The maximum atomic E-state index is 12.2. The molecule has 1 aromatic carbocycles. The summed E-state index contributed by atoms with van der Waals surface area (Å²) in [6, 6.07) is 15.0. The van der Waals surface area contributed by atoms with Gasteiger partial charge in [0.15, 0.2) is 0 Å². The standard InChI is InChI=1S/C21H19BrN4O2/c1-13(2)26-17(27)10-9-15(23-26)18-20(14-7-5-4-6-8-14)24-25-12-11-16(28-3)19(22)21(18)25/h4-13H,1-3H3. The predicted octanol–water partition coefficient (Wildman–Crippen LogP) is 4.58. The minimum Gasteiger partial charge on any atom is -0.495 e. The summed E-state index contributed by atoms with van der Waals surface area (Å²) < 4.78 is 9.55. The van der Waals surface area contributed by atoms with E-state index in [4.69, 9.17) is 9.84 Å². The fraction of sp³-hybridized carbons (Fsp3) is 0.190. The number of nitrogens with zero attached hydrogens (tertiary/aromatic N) is 4. The van der Waals surface area contributed by atoms with Gasteiger partial charge in [-0.2, -0.15) is 10.2 Å². The van der Waals surface area contributed by atoms with Crippen molar-refractivity contribution in [2.45, 2.75) is 19.9 Å². The smallest absolute Gasteiger partial charge is 0.267 e. The van der Waals surface area contributed by atoms with Crippen LogP contribution in [0.2, 0.25) is 0 Å². The Bertz CT molecular complexity index is 1210. The number of pyridine rings is 1. The van der Waals surface area contributed by atoms with Crippen molar-refractivity contribution >= 4 is 21.4 Å². The number of hydrogen-bond acceptors (Lipinski definition) is 4. The summed E-state index contributed by atoms with van der Waals surface area (Å²) in [4.78, 5) is 12.2. The van der Waals surface area contributed by atoms with E-state index in [1.807, 2.05) is 56.4 Å².